The molecule has 1 aromatic carbocycles. The molecule has 6 rings (SSSR count). The molecule has 0 bridgehead atoms. The highest BCUT2D eigenvalue weighted by molar-refractivity contribution is 8.13. The van der Waals surface area contributed by atoms with Gasteiger partial charge in [-0.3, -0.25) is 4.79 Å². The Morgan fingerprint density at radius 2 is 1.98 bits per heavy atom. The summed E-state index contributed by atoms with van der Waals surface area (Å²) >= 11 is 0.539. The number of allylic oxidation sites excluding steroid dienone is 1. The molecule has 0 radical (unpaired) electrons. The summed E-state index contributed by atoms with van der Waals surface area (Å²) in [5.74, 6) is -0.885. The lowest BCUT2D eigenvalue weighted by Crippen LogP contribution is -2.62. The highest BCUT2D eigenvalue weighted by Crippen LogP contribution is 2.68. The molecule has 10 heteroatoms. The van der Waals surface area contributed by atoms with Gasteiger partial charge in [0.05, 0.1) is 23.7 Å². The number of thioether (sulfide) groups is 1. The quantitative estimate of drug-likeness (QED) is 0.461. The third kappa shape index (κ3) is 4.23. The molecule has 41 heavy (non-hydrogen) atoms. The van der Waals surface area contributed by atoms with Crippen molar-refractivity contribution in [3.8, 4) is 5.69 Å². The molecule has 4 aliphatic carbocycles. The van der Waals surface area contributed by atoms with Crippen molar-refractivity contribution >= 4 is 28.9 Å². The van der Waals surface area contributed by atoms with Crippen LogP contribution in [0.3, 0.4) is 0 Å². The van der Waals surface area contributed by atoms with Gasteiger partial charge >= 0.3 is 5.97 Å². The molecule has 1 heterocycles. The van der Waals surface area contributed by atoms with Gasteiger partial charge in [0.15, 0.2) is 5.60 Å². The number of aliphatic hydroxyl groups is 1. The molecule has 7 atom stereocenters. The van der Waals surface area contributed by atoms with E-state index in [0.29, 0.717) is 31.0 Å². The fraction of sp³-hybridized carbons (Fsp3) is 0.581. The standard InChI is InChI=1S/C31H36F2N2O5S/c1-29-13-18-15-34-35(21-7-5-20(33)6-8-21)24(18)12-19(29)4-9-22-23-10-11-31(28(38)41-17-32,40-26(37)16-39-3)30(23,2)14-25(36)27(22)29/h5-8,12,15,22-23,25,27,36H,4,9-11,13-14,16-17H2,1-3H3/t22-,23-,25-,27+,29-,30-,31-/m0/s1. The minimum absolute atomic E-state index is 0.0251. The molecule has 0 unspecified atom stereocenters. The van der Waals surface area contributed by atoms with Crippen molar-refractivity contribution in [2.75, 3.05) is 19.7 Å². The van der Waals surface area contributed by atoms with Gasteiger partial charge in [0, 0.05) is 12.5 Å². The number of halogens is 2. The minimum Gasteiger partial charge on any atom is -0.448 e. The van der Waals surface area contributed by atoms with E-state index in [1.807, 2.05) is 17.8 Å². The van der Waals surface area contributed by atoms with Gasteiger partial charge in [-0.1, -0.05) is 19.4 Å². The van der Waals surface area contributed by atoms with Gasteiger partial charge < -0.3 is 14.6 Å². The lowest BCUT2D eigenvalue weighted by Gasteiger charge is -2.60. The lowest BCUT2D eigenvalue weighted by atomic mass is 9.45. The van der Waals surface area contributed by atoms with Gasteiger partial charge in [-0.25, -0.2) is 18.3 Å². The molecular formula is C31H36F2N2O5S. The zero-order chi connectivity index (χ0) is 29.2. The van der Waals surface area contributed by atoms with Crippen molar-refractivity contribution in [1.82, 2.24) is 9.78 Å². The van der Waals surface area contributed by atoms with Crippen LogP contribution in [-0.4, -0.2) is 57.4 Å². The first kappa shape index (κ1) is 28.6. The Bertz CT molecular complexity index is 1400. The normalized spacial score (nSPS) is 35.5. The zero-order valence-corrected chi connectivity index (χ0v) is 24.4. The van der Waals surface area contributed by atoms with Crippen LogP contribution in [-0.2, 0) is 25.5 Å². The van der Waals surface area contributed by atoms with Crippen LogP contribution in [0.2, 0.25) is 0 Å². The summed E-state index contributed by atoms with van der Waals surface area (Å²) in [7, 11) is 1.38. The third-order valence-electron chi connectivity index (χ3n) is 10.7. The van der Waals surface area contributed by atoms with Gasteiger partial charge in [-0.05, 0) is 109 Å². The second kappa shape index (κ2) is 10.3. The Morgan fingerprint density at radius 1 is 1.22 bits per heavy atom. The fourth-order valence-electron chi connectivity index (χ4n) is 9.01. The average Bonchev–Trinajstić information content (AvgIpc) is 3.45. The summed E-state index contributed by atoms with van der Waals surface area (Å²) in [6, 6.07) is 5.37. The van der Waals surface area contributed by atoms with Crippen LogP contribution in [0.4, 0.5) is 8.78 Å². The van der Waals surface area contributed by atoms with E-state index < -0.39 is 34.2 Å². The van der Waals surface area contributed by atoms with E-state index in [1.165, 1.54) is 24.8 Å². The third-order valence-corrected chi connectivity index (χ3v) is 11.4. The number of aliphatic hydroxyl groups excluding tert-OH is 1. The van der Waals surface area contributed by atoms with Gasteiger partial charge in [0.25, 0.3) is 0 Å². The summed E-state index contributed by atoms with van der Waals surface area (Å²) in [5.41, 5.74) is 1.45. The number of methoxy groups -OCH3 is 1. The molecule has 3 saturated carbocycles. The monoisotopic (exact) mass is 586 g/mol. The molecule has 0 amide bonds. The van der Waals surface area contributed by atoms with Crippen molar-refractivity contribution in [2.24, 2.45) is 28.6 Å². The zero-order valence-electron chi connectivity index (χ0n) is 23.6. The second-order valence-electron chi connectivity index (χ2n) is 12.5. The van der Waals surface area contributed by atoms with Crippen LogP contribution >= 0.6 is 11.8 Å². The number of benzene rings is 1. The largest absolute Gasteiger partial charge is 0.448 e. The molecule has 2 aromatic rings. The predicted molar refractivity (Wildman–Crippen MR) is 150 cm³/mol. The van der Waals surface area contributed by atoms with E-state index in [0.717, 1.165) is 29.8 Å². The van der Waals surface area contributed by atoms with Crippen molar-refractivity contribution in [2.45, 2.75) is 64.1 Å². The summed E-state index contributed by atoms with van der Waals surface area (Å²) in [4.78, 5) is 26.2. The Kier molecular flexibility index (Phi) is 7.18. The smallest absolute Gasteiger partial charge is 0.333 e. The number of esters is 1. The van der Waals surface area contributed by atoms with Gasteiger partial charge in [-0.15, -0.1) is 0 Å². The van der Waals surface area contributed by atoms with Crippen LogP contribution in [0.1, 0.15) is 57.2 Å². The van der Waals surface area contributed by atoms with E-state index >= 15 is 0 Å². The maximum absolute atomic E-state index is 13.5. The number of carbonyl (C=O) groups is 2. The van der Waals surface area contributed by atoms with Crippen molar-refractivity contribution < 1.29 is 33.0 Å². The number of nitrogens with zero attached hydrogens (tertiary/aromatic N) is 2. The lowest BCUT2D eigenvalue weighted by molar-refractivity contribution is -0.198. The van der Waals surface area contributed by atoms with E-state index in [4.69, 9.17) is 9.47 Å². The molecule has 3 fully saturated rings. The van der Waals surface area contributed by atoms with E-state index in [-0.39, 0.29) is 42.0 Å². The molecule has 0 spiro atoms. The summed E-state index contributed by atoms with van der Waals surface area (Å²) in [5, 5.41) is 16.1. The van der Waals surface area contributed by atoms with Crippen molar-refractivity contribution in [3.63, 3.8) is 0 Å². The number of fused-ring (bicyclic) bond motifs is 6. The number of aromatic nitrogens is 2. The summed E-state index contributed by atoms with van der Waals surface area (Å²) < 4.78 is 39.7. The highest BCUT2D eigenvalue weighted by Gasteiger charge is 2.70. The Labute approximate surface area is 242 Å². The highest BCUT2D eigenvalue weighted by atomic mass is 32.2. The van der Waals surface area contributed by atoms with Gasteiger partial charge in [0.2, 0.25) is 5.12 Å². The maximum atomic E-state index is 13.5. The Morgan fingerprint density at radius 3 is 2.68 bits per heavy atom. The van der Waals surface area contributed by atoms with Gasteiger partial charge in [0.1, 0.15) is 18.4 Å². The molecule has 1 aromatic heterocycles. The first-order valence-corrected chi connectivity index (χ1v) is 15.2. The molecule has 1 N–H and O–H groups in total. The van der Waals surface area contributed by atoms with Crippen LogP contribution < -0.4 is 0 Å². The first-order valence-electron chi connectivity index (χ1n) is 14.2. The van der Waals surface area contributed by atoms with Crippen LogP contribution in [0, 0.1) is 34.4 Å². The number of alkyl halides is 1. The first-order chi connectivity index (χ1) is 19.6. The molecule has 220 valence electrons. The van der Waals surface area contributed by atoms with Crippen molar-refractivity contribution in [1.29, 1.82) is 0 Å². The Balaban J connectivity index is 1.34. The molecule has 4 aliphatic rings. The molecule has 0 aliphatic heterocycles. The number of hydrogen-bond donors (Lipinski definition) is 1. The van der Waals surface area contributed by atoms with Crippen LogP contribution in [0.25, 0.3) is 11.8 Å². The molecular weight excluding hydrogens is 550 g/mol. The number of hydrogen-bond acceptors (Lipinski definition) is 7. The summed E-state index contributed by atoms with van der Waals surface area (Å²) in [6.45, 7) is 3.87. The minimum atomic E-state index is -1.51. The number of rotatable bonds is 6. The topological polar surface area (TPSA) is 90.7 Å². The number of ether oxygens (including phenoxy) is 2. The predicted octanol–water partition coefficient (Wildman–Crippen LogP) is 5.28. The average molecular weight is 587 g/mol. The molecule has 7 nitrogen and oxygen atoms in total. The fourth-order valence-corrected chi connectivity index (χ4v) is 9.72. The van der Waals surface area contributed by atoms with Crippen molar-refractivity contribution in [3.05, 3.63) is 53.1 Å². The van der Waals surface area contributed by atoms with Gasteiger partial charge in [-0.2, -0.15) is 5.10 Å². The Hall–Kier alpha value is -2.56. The number of carbonyl (C=O) groups excluding carboxylic acids is 2. The summed E-state index contributed by atoms with van der Waals surface area (Å²) in [6.07, 6.45) is 6.92. The van der Waals surface area contributed by atoms with Crippen LogP contribution in [0.15, 0.2) is 36.0 Å². The maximum Gasteiger partial charge on any atom is 0.333 e. The van der Waals surface area contributed by atoms with E-state index in [2.05, 4.69) is 18.1 Å². The SMILES string of the molecule is COCC(=O)O[C@]1(C(=O)SCF)CC[C@H]2[C@@H]3CCC4=Cc5c(cnn5-c5ccc(F)cc5)C[C@]4(C)[C@H]3[C@@H](O)C[C@@]21C. The van der Waals surface area contributed by atoms with Crippen LogP contribution in [0.5, 0.6) is 0 Å². The molecule has 0 saturated heterocycles. The van der Waals surface area contributed by atoms with E-state index in [9.17, 15) is 23.5 Å². The van der Waals surface area contributed by atoms with E-state index in [1.54, 1.807) is 12.1 Å². The second-order valence-corrected chi connectivity index (χ2v) is 13.4.